The van der Waals surface area contributed by atoms with Crippen molar-refractivity contribution in [1.82, 2.24) is 4.90 Å². The van der Waals surface area contributed by atoms with E-state index < -0.39 is 44.0 Å². The van der Waals surface area contributed by atoms with Gasteiger partial charge in [-0.3, -0.25) is 14.2 Å². The van der Waals surface area contributed by atoms with Gasteiger partial charge in [-0.25, -0.2) is 0 Å². The Balaban J connectivity index is 1.95. The van der Waals surface area contributed by atoms with E-state index in [1.165, 1.54) is 4.90 Å². The fraction of sp³-hybridized carbons (Fsp3) is 0.545. The normalized spacial score (nSPS) is 23.1. The van der Waals surface area contributed by atoms with Crippen LogP contribution in [-0.4, -0.2) is 78.9 Å². The molecule has 0 aromatic heterocycles. The molecule has 1 aliphatic rings. The number of nitrogens with one attached hydrogen (secondary N) is 1. The zero-order valence-corrected chi connectivity index (χ0v) is 19.1. The van der Waals surface area contributed by atoms with Gasteiger partial charge in [-0.05, 0) is 37.0 Å². The van der Waals surface area contributed by atoms with Gasteiger partial charge in [0, 0.05) is 31.5 Å². The molecule has 0 saturated carbocycles. The van der Waals surface area contributed by atoms with Gasteiger partial charge >= 0.3 is 7.60 Å². The molecule has 6 N–H and O–H groups in total. The molecule has 0 radical (unpaired) electrons. The topological polar surface area (TPSA) is 168 Å². The number of unbranched alkanes of at least 4 members (excludes halogenated alkanes) is 1. The number of carbonyl (C=O) groups excluding carboxylic acids is 2. The minimum atomic E-state index is -4.37. The highest BCUT2D eigenvalue weighted by atomic mass is 31.2. The standard InChI is InChI=1S/C22H31N2O8P/c1-2-3-4-5-19(26)23-16-9-6-15(7-10-16)8-11-20(27)24-14-18(25)22(29)21(28)17(24)12-13-33(30,31)32/h1,6-7,9-10,17-18,21-22,25,28-29H,3-5,8,11-14H2,(H,23,26)(H2,30,31,32)/t17-,18-,21-,22-/m1/s1. The zero-order chi connectivity index (χ0) is 24.6. The van der Waals surface area contributed by atoms with Crippen molar-refractivity contribution in [3.8, 4) is 12.3 Å². The lowest BCUT2D eigenvalue weighted by molar-refractivity contribution is -0.162. The molecule has 1 aromatic rings. The molecule has 0 spiro atoms. The zero-order valence-electron chi connectivity index (χ0n) is 18.2. The van der Waals surface area contributed by atoms with E-state index in [1.54, 1.807) is 24.3 Å². The summed E-state index contributed by atoms with van der Waals surface area (Å²) < 4.78 is 11.2. The Morgan fingerprint density at radius 1 is 1.12 bits per heavy atom. The summed E-state index contributed by atoms with van der Waals surface area (Å²) >= 11 is 0. The van der Waals surface area contributed by atoms with E-state index in [1.807, 2.05) is 0 Å². The van der Waals surface area contributed by atoms with Crippen molar-refractivity contribution in [2.24, 2.45) is 0 Å². The average Bonchev–Trinajstić information content (AvgIpc) is 2.75. The van der Waals surface area contributed by atoms with E-state index >= 15 is 0 Å². The van der Waals surface area contributed by atoms with Gasteiger partial charge in [-0.1, -0.05) is 12.1 Å². The Morgan fingerprint density at radius 2 is 1.79 bits per heavy atom. The second kappa shape index (κ2) is 12.3. The summed E-state index contributed by atoms with van der Waals surface area (Å²) in [5, 5.41) is 32.9. The van der Waals surface area contributed by atoms with Crippen LogP contribution in [0.4, 0.5) is 5.69 Å². The van der Waals surface area contributed by atoms with Crippen molar-refractivity contribution in [1.29, 1.82) is 0 Å². The van der Waals surface area contributed by atoms with Gasteiger partial charge in [0.1, 0.15) is 18.3 Å². The van der Waals surface area contributed by atoms with Crippen molar-refractivity contribution < 1.29 is 39.3 Å². The first kappa shape index (κ1) is 27.0. The van der Waals surface area contributed by atoms with E-state index in [-0.39, 0.29) is 25.3 Å². The fourth-order valence-corrected chi connectivity index (χ4v) is 4.32. The van der Waals surface area contributed by atoms with Crippen LogP contribution in [0.25, 0.3) is 0 Å². The largest absolute Gasteiger partial charge is 0.388 e. The van der Waals surface area contributed by atoms with Crippen LogP contribution >= 0.6 is 7.60 Å². The van der Waals surface area contributed by atoms with Crippen LogP contribution < -0.4 is 5.32 Å². The lowest BCUT2D eigenvalue weighted by Gasteiger charge is -2.44. The van der Waals surface area contributed by atoms with E-state index in [2.05, 4.69) is 11.2 Å². The van der Waals surface area contributed by atoms with Crippen molar-refractivity contribution in [2.75, 3.05) is 18.0 Å². The van der Waals surface area contributed by atoms with Gasteiger partial charge in [0.05, 0.1) is 12.2 Å². The smallest absolute Gasteiger partial charge is 0.325 e. The van der Waals surface area contributed by atoms with Crippen LogP contribution in [0.1, 0.15) is 37.7 Å². The molecule has 0 aliphatic carbocycles. The Bertz CT molecular complexity index is 895. The Hall–Kier alpha value is -2.25. The number of anilines is 1. The minimum absolute atomic E-state index is 0.0275. The number of likely N-dealkylation sites (tertiary alicyclic amines) is 1. The molecule has 2 rings (SSSR count). The number of piperidine rings is 1. The van der Waals surface area contributed by atoms with Gasteiger partial charge in [-0.2, -0.15) is 0 Å². The third kappa shape index (κ3) is 8.55. The molecule has 1 heterocycles. The quantitative estimate of drug-likeness (QED) is 0.156. The van der Waals surface area contributed by atoms with Gasteiger partial charge < -0.3 is 35.3 Å². The molecule has 10 nitrogen and oxygen atoms in total. The van der Waals surface area contributed by atoms with Gasteiger partial charge in [0.25, 0.3) is 0 Å². The molecule has 0 unspecified atom stereocenters. The van der Waals surface area contributed by atoms with Crippen molar-refractivity contribution >= 4 is 25.1 Å². The van der Waals surface area contributed by atoms with Crippen molar-refractivity contribution in [2.45, 2.75) is 62.9 Å². The SMILES string of the molecule is C#CCCCC(=O)Nc1ccc(CCC(=O)N2C[C@@H](O)[C@@H](O)[C@H](O)[C@H]2CCP(=O)(O)O)cc1. The predicted molar refractivity (Wildman–Crippen MR) is 121 cm³/mol. The Kier molecular flexibility index (Phi) is 10.0. The number of nitrogens with zero attached hydrogens (tertiary/aromatic N) is 1. The summed E-state index contributed by atoms with van der Waals surface area (Å²) in [6.45, 7) is -0.243. The molecule has 1 fully saturated rings. The van der Waals surface area contributed by atoms with Crippen molar-refractivity contribution in [3.05, 3.63) is 29.8 Å². The molecular formula is C22H31N2O8P. The molecule has 2 amide bonds. The molecule has 0 bridgehead atoms. The maximum atomic E-state index is 12.8. The van der Waals surface area contributed by atoms with E-state index in [4.69, 9.17) is 16.2 Å². The van der Waals surface area contributed by atoms with Crippen LogP contribution in [0.15, 0.2) is 24.3 Å². The van der Waals surface area contributed by atoms with E-state index in [0.717, 1.165) is 5.56 Å². The Labute approximate surface area is 192 Å². The number of rotatable bonds is 10. The number of β-amino-alcohol motifs (C(OH)–C–C–N with tert-alkyl or cyclic N) is 1. The highest BCUT2D eigenvalue weighted by molar-refractivity contribution is 7.51. The molecule has 4 atom stereocenters. The first-order valence-electron chi connectivity index (χ1n) is 10.7. The molecule has 11 heteroatoms. The number of hydrogen-bond donors (Lipinski definition) is 6. The number of aliphatic hydroxyl groups excluding tert-OH is 3. The Morgan fingerprint density at radius 3 is 2.39 bits per heavy atom. The second-order valence-electron chi connectivity index (χ2n) is 8.14. The number of hydrogen-bond acceptors (Lipinski definition) is 6. The number of aryl methyl sites for hydroxylation is 1. The minimum Gasteiger partial charge on any atom is -0.388 e. The number of benzene rings is 1. The summed E-state index contributed by atoms with van der Waals surface area (Å²) in [6, 6.07) is 5.94. The summed E-state index contributed by atoms with van der Waals surface area (Å²) in [5.41, 5.74) is 1.43. The lowest BCUT2D eigenvalue weighted by atomic mass is 9.91. The summed E-state index contributed by atoms with van der Waals surface area (Å²) in [7, 11) is -4.37. The van der Waals surface area contributed by atoms with Gasteiger partial charge in [0.15, 0.2) is 0 Å². The van der Waals surface area contributed by atoms with E-state index in [9.17, 15) is 29.5 Å². The molecule has 1 aromatic carbocycles. The lowest BCUT2D eigenvalue weighted by Crippen LogP contribution is -2.62. The third-order valence-corrected chi connectivity index (χ3v) is 6.39. The molecule has 33 heavy (non-hydrogen) atoms. The van der Waals surface area contributed by atoms with Crippen LogP contribution in [-0.2, 0) is 20.6 Å². The summed E-state index contributed by atoms with van der Waals surface area (Å²) in [5.74, 6) is 1.92. The van der Waals surface area contributed by atoms with Crippen LogP contribution in [0.3, 0.4) is 0 Å². The van der Waals surface area contributed by atoms with Gasteiger partial charge in [0.2, 0.25) is 11.8 Å². The first-order chi connectivity index (χ1) is 15.5. The average molecular weight is 482 g/mol. The summed E-state index contributed by atoms with van der Waals surface area (Å²) in [4.78, 5) is 44.1. The van der Waals surface area contributed by atoms with Gasteiger partial charge in [-0.15, -0.1) is 12.3 Å². The second-order valence-corrected chi connectivity index (χ2v) is 9.92. The fourth-order valence-electron chi connectivity index (χ4n) is 3.72. The molecule has 182 valence electrons. The number of carbonyl (C=O) groups is 2. The van der Waals surface area contributed by atoms with Crippen molar-refractivity contribution in [3.63, 3.8) is 0 Å². The number of aliphatic hydroxyl groups is 3. The van der Waals surface area contributed by atoms with Crippen LogP contribution in [0.2, 0.25) is 0 Å². The highest BCUT2D eigenvalue weighted by Gasteiger charge is 2.43. The highest BCUT2D eigenvalue weighted by Crippen LogP contribution is 2.37. The third-order valence-electron chi connectivity index (χ3n) is 5.55. The molecule has 1 saturated heterocycles. The van der Waals surface area contributed by atoms with E-state index in [0.29, 0.717) is 31.4 Å². The van der Waals surface area contributed by atoms with Crippen LogP contribution in [0.5, 0.6) is 0 Å². The summed E-state index contributed by atoms with van der Waals surface area (Å²) in [6.07, 6.45) is 1.83. The molecular weight excluding hydrogens is 451 g/mol. The number of amides is 2. The van der Waals surface area contributed by atoms with Crippen LogP contribution in [0, 0.1) is 12.3 Å². The maximum absolute atomic E-state index is 12.8. The predicted octanol–water partition coefficient (Wildman–Crippen LogP) is 0.222. The molecule has 1 aliphatic heterocycles. The first-order valence-corrected chi connectivity index (χ1v) is 12.5. The number of terminal acetylenes is 1. The maximum Gasteiger partial charge on any atom is 0.325 e. The monoisotopic (exact) mass is 482 g/mol.